The Hall–Kier alpha value is -2.11. The molecule has 1 aromatic heterocycles. The molecule has 6 nitrogen and oxygen atoms in total. The van der Waals surface area contributed by atoms with Crippen molar-refractivity contribution in [3.05, 3.63) is 34.2 Å². The number of hydrogen-bond acceptors (Lipinski definition) is 4. The van der Waals surface area contributed by atoms with E-state index in [1.807, 2.05) is 13.8 Å². The number of amides is 1. The highest BCUT2D eigenvalue weighted by atomic mass is 16.5. The minimum absolute atomic E-state index is 0.0383. The third-order valence-electron chi connectivity index (χ3n) is 2.50. The molecule has 1 rings (SSSR count). The van der Waals surface area contributed by atoms with Crippen LogP contribution in [0.15, 0.2) is 23.1 Å². The Morgan fingerprint density at radius 3 is 2.84 bits per heavy atom. The molecule has 6 heteroatoms. The molecular formula is C13H18N2O4. The molecule has 0 aromatic carbocycles. The van der Waals surface area contributed by atoms with E-state index in [-0.39, 0.29) is 24.1 Å². The van der Waals surface area contributed by atoms with Crippen LogP contribution in [0.1, 0.15) is 37.0 Å². The van der Waals surface area contributed by atoms with Gasteiger partial charge in [-0.15, -0.1) is 0 Å². The normalized spacial score (nSPS) is 11.7. The number of esters is 1. The van der Waals surface area contributed by atoms with Crippen molar-refractivity contribution in [3.63, 3.8) is 0 Å². The zero-order valence-corrected chi connectivity index (χ0v) is 11.1. The maximum absolute atomic E-state index is 11.6. The fourth-order valence-corrected chi connectivity index (χ4v) is 1.61. The molecule has 2 N–H and O–H groups in total. The lowest BCUT2D eigenvalue weighted by atomic mass is 10.2. The highest BCUT2D eigenvalue weighted by Crippen LogP contribution is 1.96. The second-order valence-corrected chi connectivity index (χ2v) is 4.25. The summed E-state index contributed by atoms with van der Waals surface area (Å²) in [5.41, 5.74) is -0.649. The molecule has 0 aliphatic rings. The van der Waals surface area contributed by atoms with Crippen molar-refractivity contribution in [2.24, 2.45) is 0 Å². The van der Waals surface area contributed by atoms with E-state index in [0.717, 1.165) is 12.8 Å². The molecule has 19 heavy (non-hydrogen) atoms. The average Bonchev–Trinajstić information content (AvgIpc) is 2.36. The largest absolute Gasteiger partial charge is 0.452 e. The van der Waals surface area contributed by atoms with Crippen LogP contribution >= 0.6 is 0 Å². The van der Waals surface area contributed by atoms with Gasteiger partial charge in [-0.05, 0) is 25.5 Å². The number of carbonyl (C=O) groups is 2. The SMILES string of the molecule is CCC[C@H](C)NC(=O)COC(=O)c1ccc[nH]c1=O. The first-order valence-corrected chi connectivity index (χ1v) is 6.18. The van der Waals surface area contributed by atoms with Gasteiger partial charge >= 0.3 is 5.97 Å². The lowest BCUT2D eigenvalue weighted by Gasteiger charge is -2.12. The van der Waals surface area contributed by atoms with Crippen LogP contribution in [0.3, 0.4) is 0 Å². The molecule has 104 valence electrons. The van der Waals surface area contributed by atoms with E-state index in [0.29, 0.717) is 0 Å². The fraction of sp³-hybridized carbons (Fsp3) is 0.462. The second-order valence-electron chi connectivity index (χ2n) is 4.25. The standard InChI is InChI=1S/C13H18N2O4/c1-3-5-9(2)15-11(16)8-19-13(18)10-6-4-7-14-12(10)17/h4,6-7,9H,3,5,8H2,1-2H3,(H,14,17)(H,15,16)/t9-/m0/s1. The molecule has 1 amide bonds. The minimum Gasteiger partial charge on any atom is -0.452 e. The van der Waals surface area contributed by atoms with Crippen molar-refractivity contribution in [2.45, 2.75) is 32.7 Å². The summed E-state index contributed by atoms with van der Waals surface area (Å²) in [6, 6.07) is 2.90. The number of aromatic amines is 1. The molecule has 0 aliphatic carbocycles. The molecule has 0 saturated carbocycles. The number of carbonyl (C=O) groups excluding carboxylic acids is 2. The topological polar surface area (TPSA) is 88.3 Å². The molecule has 1 aromatic rings. The molecular weight excluding hydrogens is 248 g/mol. The molecule has 0 unspecified atom stereocenters. The number of rotatable bonds is 6. The van der Waals surface area contributed by atoms with Gasteiger partial charge in [-0.25, -0.2) is 4.79 Å². The number of H-pyrrole nitrogens is 1. The van der Waals surface area contributed by atoms with E-state index >= 15 is 0 Å². The summed E-state index contributed by atoms with van der Waals surface area (Å²) >= 11 is 0. The van der Waals surface area contributed by atoms with E-state index in [2.05, 4.69) is 10.3 Å². The zero-order valence-electron chi connectivity index (χ0n) is 11.1. The Kier molecular flexibility index (Phi) is 5.78. The van der Waals surface area contributed by atoms with Crippen LogP contribution in [0, 0.1) is 0 Å². The fourth-order valence-electron chi connectivity index (χ4n) is 1.61. The van der Waals surface area contributed by atoms with Crippen LogP contribution in [-0.2, 0) is 9.53 Å². The van der Waals surface area contributed by atoms with Gasteiger partial charge in [0.2, 0.25) is 0 Å². The maximum atomic E-state index is 11.6. The van der Waals surface area contributed by atoms with Crippen LogP contribution in [0.4, 0.5) is 0 Å². The van der Waals surface area contributed by atoms with Gasteiger partial charge in [-0.3, -0.25) is 9.59 Å². The Labute approximate surface area is 111 Å². The quantitative estimate of drug-likeness (QED) is 0.747. The first-order chi connectivity index (χ1) is 9.04. The van der Waals surface area contributed by atoms with E-state index in [1.165, 1.54) is 18.3 Å². The van der Waals surface area contributed by atoms with Crippen molar-refractivity contribution in [1.29, 1.82) is 0 Å². The third-order valence-corrected chi connectivity index (χ3v) is 2.50. The molecule has 0 spiro atoms. The van der Waals surface area contributed by atoms with E-state index in [9.17, 15) is 14.4 Å². The van der Waals surface area contributed by atoms with Crippen LogP contribution in [0.2, 0.25) is 0 Å². The van der Waals surface area contributed by atoms with Crippen molar-refractivity contribution >= 4 is 11.9 Å². The molecule has 0 saturated heterocycles. The summed E-state index contributed by atoms with van der Waals surface area (Å²) in [4.78, 5) is 36.7. The van der Waals surface area contributed by atoms with Crippen LogP contribution in [-0.4, -0.2) is 29.5 Å². The van der Waals surface area contributed by atoms with Crippen molar-refractivity contribution in [3.8, 4) is 0 Å². The Balaban J connectivity index is 2.45. The number of pyridine rings is 1. The van der Waals surface area contributed by atoms with Crippen molar-refractivity contribution < 1.29 is 14.3 Å². The van der Waals surface area contributed by atoms with Crippen LogP contribution in [0.5, 0.6) is 0 Å². The van der Waals surface area contributed by atoms with Gasteiger partial charge < -0.3 is 15.0 Å². The van der Waals surface area contributed by atoms with Crippen LogP contribution in [0.25, 0.3) is 0 Å². The molecule has 1 heterocycles. The zero-order chi connectivity index (χ0) is 14.3. The number of hydrogen-bond donors (Lipinski definition) is 2. The predicted octanol–water partition coefficient (Wildman–Crippen LogP) is 0.837. The second kappa shape index (κ2) is 7.35. The van der Waals surface area contributed by atoms with Gasteiger partial charge in [0.05, 0.1) is 0 Å². The average molecular weight is 266 g/mol. The van der Waals surface area contributed by atoms with Crippen molar-refractivity contribution in [1.82, 2.24) is 10.3 Å². The van der Waals surface area contributed by atoms with E-state index in [4.69, 9.17) is 4.74 Å². The van der Waals surface area contributed by atoms with Crippen molar-refractivity contribution in [2.75, 3.05) is 6.61 Å². The highest BCUT2D eigenvalue weighted by molar-refractivity contribution is 5.90. The molecule has 1 atom stereocenters. The molecule has 0 fully saturated rings. The van der Waals surface area contributed by atoms with Gasteiger partial charge in [0.15, 0.2) is 6.61 Å². The first-order valence-electron chi connectivity index (χ1n) is 6.18. The predicted molar refractivity (Wildman–Crippen MR) is 69.9 cm³/mol. The molecule has 0 aliphatic heterocycles. The van der Waals surface area contributed by atoms with E-state index in [1.54, 1.807) is 0 Å². The van der Waals surface area contributed by atoms with Gasteiger partial charge in [0.25, 0.3) is 11.5 Å². The van der Waals surface area contributed by atoms with E-state index < -0.39 is 11.5 Å². The molecule has 0 radical (unpaired) electrons. The number of ether oxygens (including phenoxy) is 1. The smallest absolute Gasteiger partial charge is 0.344 e. The maximum Gasteiger partial charge on any atom is 0.344 e. The molecule has 0 bridgehead atoms. The Morgan fingerprint density at radius 2 is 2.21 bits per heavy atom. The Morgan fingerprint density at radius 1 is 1.47 bits per heavy atom. The number of nitrogens with one attached hydrogen (secondary N) is 2. The van der Waals surface area contributed by atoms with Crippen LogP contribution < -0.4 is 10.9 Å². The summed E-state index contributed by atoms with van der Waals surface area (Å²) in [7, 11) is 0. The van der Waals surface area contributed by atoms with Gasteiger partial charge in [0.1, 0.15) is 5.56 Å². The lowest BCUT2D eigenvalue weighted by molar-refractivity contribution is -0.124. The van der Waals surface area contributed by atoms with Gasteiger partial charge in [-0.1, -0.05) is 13.3 Å². The third kappa shape index (κ3) is 4.95. The summed E-state index contributed by atoms with van der Waals surface area (Å²) in [5, 5.41) is 2.70. The highest BCUT2D eigenvalue weighted by Gasteiger charge is 2.14. The monoisotopic (exact) mass is 266 g/mol. The van der Waals surface area contributed by atoms with Gasteiger partial charge in [-0.2, -0.15) is 0 Å². The lowest BCUT2D eigenvalue weighted by Crippen LogP contribution is -2.36. The summed E-state index contributed by atoms with van der Waals surface area (Å²) in [6.45, 7) is 3.51. The minimum atomic E-state index is -0.805. The summed E-state index contributed by atoms with van der Waals surface area (Å²) in [6.07, 6.45) is 3.23. The first kappa shape index (κ1) is 14.9. The summed E-state index contributed by atoms with van der Waals surface area (Å²) in [5.74, 6) is -1.18. The number of aromatic nitrogens is 1. The Bertz CT molecular complexity index is 495. The summed E-state index contributed by atoms with van der Waals surface area (Å²) < 4.78 is 4.78. The van der Waals surface area contributed by atoms with Gasteiger partial charge in [0, 0.05) is 12.2 Å².